The Bertz CT molecular complexity index is 392. The van der Waals surface area contributed by atoms with Crippen LogP contribution in [-0.4, -0.2) is 32.1 Å². The molecule has 2 rings (SSSR count). The highest BCUT2D eigenvalue weighted by Crippen LogP contribution is 2.30. The van der Waals surface area contributed by atoms with Crippen LogP contribution in [0.15, 0.2) is 24.3 Å². The average Bonchev–Trinajstić information content (AvgIpc) is 2.45. The summed E-state index contributed by atoms with van der Waals surface area (Å²) in [4.78, 5) is 13.9. The van der Waals surface area contributed by atoms with Crippen molar-refractivity contribution in [3.8, 4) is 5.75 Å². The lowest BCUT2D eigenvalue weighted by molar-refractivity contribution is -0.120. The number of benzene rings is 1. The van der Waals surface area contributed by atoms with Gasteiger partial charge < -0.3 is 15.0 Å². The molecular weight excluding hydrogens is 204 g/mol. The van der Waals surface area contributed by atoms with E-state index in [0.717, 1.165) is 11.4 Å². The first-order valence-corrected chi connectivity index (χ1v) is 5.48. The van der Waals surface area contributed by atoms with E-state index < -0.39 is 0 Å². The van der Waals surface area contributed by atoms with Gasteiger partial charge in [-0.25, -0.2) is 0 Å². The Morgan fingerprint density at radius 2 is 2.25 bits per heavy atom. The Kier molecular flexibility index (Phi) is 3.10. The van der Waals surface area contributed by atoms with E-state index in [1.54, 1.807) is 11.9 Å². The van der Waals surface area contributed by atoms with Gasteiger partial charge in [-0.1, -0.05) is 12.1 Å². The van der Waals surface area contributed by atoms with Crippen LogP contribution in [0.2, 0.25) is 0 Å². The van der Waals surface area contributed by atoms with E-state index in [0.29, 0.717) is 13.2 Å². The lowest BCUT2D eigenvalue weighted by atomic mass is 10.2. The third-order valence-corrected chi connectivity index (χ3v) is 2.79. The molecule has 16 heavy (non-hydrogen) atoms. The van der Waals surface area contributed by atoms with Gasteiger partial charge in [0.2, 0.25) is 5.91 Å². The van der Waals surface area contributed by atoms with Crippen molar-refractivity contribution in [2.45, 2.75) is 13.0 Å². The molecule has 0 radical (unpaired) electrons. The number of ether oxygens (including phenoxy) is 1. The fraction of sp³-hybridized carbons (Fsp3) is 0.417. The molecule has 1 heterocycles. The number of likely N-dealkylation sites (N-methyl/N-ethyl adjacent to an activating group) is 2. The summed E-state index contributed by atoms with van der Waals surface area (Å²) in [5, 5.41) is 2.98. The molecule has 4 nitrogen and oxygen atoms in total. The summed E-state index contributed by atoms with van der Waals surface area (Å²) in [6, 6.07) is 7.36. The summed E-state index contributed by atoms with van der Waals surface area (Å²) >= 11 is 0. The monoisotopic (exact) mass is 220 g/mol. The molecule has 4 heteroatoms. The van der Waals surface area contributed by atoms with Crippen LogP contribution in [0.3, 0.4) is 0 Å². The Labute approximate surface area is 95.2 Å². The van der Waals surface area contributed by atoms with E-state index in [2.05, 4.69) is 5.32 Å². The Morgan fingerprint density at radius 3 is 2.94 bits per heavy atom. The van der Waals surface area contributed by atoms with Gasteiger partial charge in [0.25, 0.3) is 0 Å². The van der Waals surface area contributed by atoms with Crippen LogP contribution in [0, 0.1) is 0 Å². The summed E-state index contributed by atoms with van der Waals surface area (Å²) in [5.74, 6) is 0.838. The third kappa shape index (κ3) is 1.76. The number of carbonyl (C=O) groups excluding carboxylic acids is 1. The minimum absolute atomic E-state index is 0.0648. The molecule has 0 aromatic heterocycles. The first-order valence-electron chi connectivity index (χ1n) is 5.48. The quantitative estimate of drug-likeness (QED) is 0.809. The van der Waals surface area contributed by atoms with Crippen LogP contribution >= 0.6 is 0 Å². The Balaban J connectivity index is 2.41. The SMILES string of the molecule is CCN1C(=O)C(NC)COc2ccccc21. The first-order chi connectivity index (χ1) is 7.77. The minimum Gasteiger partial charge on any atom is -0.489 e. The van der Waals surface area contributed by atoms with Gasteiger partial charge in [-0.15, -0.1) is 0 Å². The zero-order valence-corrected chi connectivity index (χ0v) is 9.56. The molecule has 1 aliphatic heterocycles. The average molecular weight is 220 g/mol. The van der Waals surface area contributed by atoms with Gasteiger partial charge in [0.1, 0.15) is 18.4 Å². The maximum absolute atomic E-state index is 12.2. The van der Waals surface area contributed by atoms with E-state index in [1.165, 1.54) is 0 Å². The van der Waals surface area contributed by atoms with Crippen molar-refractivity contribution in [3.63, 3.8) is 0 Å². The predicted octanol–water partition coefficient (Wildman–Crippen LogP) is 1.02. The molecule has 0 bridgehead atoms. The van der Waals surface area contributed by atoms with Crippen LogP contribution in [0.5, 0.6) is 5.75 Å². The van der Waals surface area contributed by atoms with Crippen LogP contribution < -0.4 is 15.0 Å². The molecule has 1 aliphatic rings. The van der Waals surface area contributed by atoms with Crippen molar-refractivity contribution >= 4 is 11.6 Å². The van der Waals surface area contributed by atoms with E-state index in [-0.39, 0.29) is 11.9 Å². The molecule has 0 fully saturated rings. The number of nitrogens with zero attached hydrogens (tertiary/aromatic N) is 1. The lowest BCUT2D eigenvalue weighted by Crippen LogP contribution is -2.46. The van der Waals surface area contributed by atoms with Crippen molar-refractivity contribution in [1.29, 1.82) is 0 Å². The maximum Gasteiger partial charge on any atom is 0.247 e. The zero-order chi connectivity index (χ0) is 11.5. The van der Waals surface area contributed by atoms with Gasteiger partial charge in [0.05, 0.1) is 5.69 Å². The molecule has 86 valence electrons. The second-order valence-electron chi connectivity index (χ2n) is 3.70. The highest BCUT2D eigenvalue weighted by molar-refractivity contribution is 5.99. The van der Waals surface area contributed by atoms with Crippen molar-refractivity contribution in [2.24, 2.45) is 0 Å². The molecule has 1 aromatic carbocycles. The molecule has 0 saturated carbocycles. The first kappa shape index (κ1) is 11.0. The number of hydrogen-bond acceptors (Lipinski definition) is 3. The van der Waals surface area contributed by atoms with Gasteiger partial charge in [-0.05, 0) is 26.1 Å². The number of nitrogens with one attached hydrogen (secondary N) is 1. The third-order valence-electron chi connectivity index (χ3n) is 2.79. The molecule has 1 atom stereocenters. The van der Waals surface area contributed by atoms with Crippen LogP contribution in [-0.2, 0) is 4.79 Å². The normalized spacial score (nSPS) is 20.0. The molecule has 0 saturated heterocycles. The molecule has 0 aliphatic carbocycles. The molecule has 1 aromatic rings. The van der Waals surface area contributed by atoms with E-state index in [1.807, 2.05) is 31.2 Å². The molecule has 1 N–H and O–H groups in total. The van der Waals surface area contributed by atoms with Crippen molar-refractivity contribution in [3.05, 3.63) is 24.3 Å². The van der Waals surface area contributed by atoms with E-state index >= 15 is 0 Å². The number of carbonyl (C=O) groups is 1. The minimum atomic E-state index is -0.271. The topological polar surface area (TPSA) is 41.6 Å². The van der Waals surface area contributed by atoms with Gasteiger partial charge >= 0.3 is 0 Å². The number of amides is 1. The molecule has 1 unspecified atom stereocenters. The Hall–Kier alpha value is -1.55. The van der Waals surface area contributed by atoms with Crippen LogP contribution in [0.1, 0.15) is 6.92 Å². The van der Waals surface area contributed by atoms with E-state index in [9.17, 15) is 4.79 Å². The lowest BCUT2D eigenvalue weighted by Gasteiger charge is -2.22. The Morgan fingerprint density at radius 1 is 1.50 bits per heavy atom. The van der Waals surface area contributed by atoms with Crippen LogP contribution in [0.25, 0.3) is 0 Å². The fourth-order valence-electron chi connectivity index (χ4n) is 1.89. The number of hydrogen-bond donors (Lipinski definition) is 1. The molecular formula is C12H16N2O2. The summed E-state index contributed by atoms with van der Waals surface area (Å²) in [6.45, 7) is 2.99. The second-order valence-corrected chi connectivity index (χ2v) is 3.70. The molecule has 1 amide bonds. The van der Waals surface area contributed by atoms with Crippen molar-refractivity contribution in [2.75, 3.05) is 25.1 Å². The van der Waals surface area contributed by atoms with Gasteiger partial charge in [-0.3, -0.25) is 4.79 Å². The highest BCUT2D eigenvalue weighted by Gasteiger charge is 2.28. The maximum atomic E-state index is 12.2. The number of rotatable bonds is 2. The predicted molar refractivity (Wildman–Crippen MR) is 62.8 cm³/mol. The van der Waals surface area contributed by atoms with Crippen molar-refractivity contribution < 1.29 is 9.53 Å². The largest absolute Gasteiger partial charge is 0.489 e. The van der Waals surface area contributed by atoms with E-state index in [4.69, 9.17) is 4.74 Å². The zero-order valence-electron chi connectivity index (χ0n) is 9.56. The van der Waals surface area contributed by atoms with Gasteiger partial charge in [0, 0.05) is 6.54 Å². The smallest absolute Gasteiger partial charge is 0.247 e. The van der Waals surface area contributed by atoms with Gasteiger partial charge in [0.15, 0.2) is 0 Å². The fourth-order valence-corrected chi connectivity index (χ4v) is 1.89. The summed E-state index contributed by atoms with van der Waals surface area (Å²) in [5.41, 5.74) is 0.854. The summed E-state index contributed by atoms with van der Waals surface area (Å²) in [6.07, 6.45) is 0. The standard InChI is InChI=1S/C12H16N2O2/c1-3-14-10-6-4-5-7-11(10)16-8-9(13-2)12(14)15/h4-7,9,13H,3,8H2,1-2H3. The molecule has 0 spiro atoms. The highest BCUT2D eigenvalue weighted by atomic mass is 16.5. The van der Waals surface area contributed by atoms with Crippen LogP contribution in [0.4, 0.5) is 5.69 Å². The number of anilines is 1. The summed E-state index contributed by atoms with van der Waals surface area (Å²) in [7, 11) is 1.77. The number of para-hydroxylation sites is 2. The number of fused-ring (bicyclic) bond motifs is 1. The van der Waals surface area contributed by atoms with Crippen molar-refractivity contribution in [1.82, 2.24) is 5.32 Å². The second kappa shape index (κ2) is 4.53. The van der Waals surface area contributed by atoms with Gasteiger partial charge in [-0.2, -0.15) is 0 Å². The summed E-state index contributed by atoms with van der Waals surface area (Å²) < 4.78 is 5.63.